The summed E-state index contributed by atoms with van der Waals surface area (Å²) in [6.45, 7) is 1.99. The van der Waals surface area contributed by atoms with Gasteiger partial charge in [0.2, 0.25) is 0 Å². The van der Waals surface area contributed by atoms with Crippen LogP contribution in [0, 0.1) is 0 Å². The Morgan fingerprint density at radius 1 is 1.21 bits per heavy atom. The number of nitrogens with one attached hydrogen (secondary N) is 1. The SMILES string of the molecule is OCCCNC/C=C\c1ccccc1. The summed E-state index contributed by atoms with van der Waals surface area (Å²) >= 11 is 0. The first kappa shape index (κ1) is 11.0. The van der Waals surface area contributed by atoms with E-state index in [9.17, 15) is 0 Å². The van der Waals surface area contributed by atoms with Gasteiger partial charge in [-0.2, -0.15) is 0 Å². The molecule has 0 radical (unpaired) electrons. The van der Waals surface area contributed by atoms with Gasteiger partial charge in [0.15, 0.2) is 0 Å². The molecule has 0 saturated heterocycles. The number of hydrogen-bond acceptors (Lipinski definition) is 2. The van der Waals surface area contributed by atoms with Crippen molar-refractivity contribution in [2.75, 3.05) is 19.7 Å². The van der Waals surface area contributed by atoms with Crippen molar-refractivity contribution in [1.29, 1.82) is 0 Å². The van der Waals surface area contributed by atoms with Crippen LogP contribution in [0.15, 0.2) is 36.4 Å². The van der Waals surface area contributed by atoms with Crippen LogP contribution in [0.25, 0.3) is 6.08 Å². The lowest BCUT2D eigenvalue weighted by molar-refractivity contribution is 0.287. The molecular formula is C12H17NO. The summed E-state index contributed by atoms with van der Waals surface area (Å²) in [7, 11) is 0. The van der Waals surface area contributed by atoms with E-state index in [1.54, 1.807) is 0 Å². The third-order valence-electron chi connectivity index (χ3n) is 1.88. The quantitative estimate of drug-likeness (QED) is 0.670. The summed E-state index contributed by atoms with van der Waals surface area (Å²) in [5, 5.41) is 11.8. The number of aliphatic hydroxyl groups is 1. The molecule has 0 bridgehead atoms. The van der Waals surface area contributed by atoms with E-state index in [2.05, 4.69) is 29.6 Å². The molecule has 14 heavy (non-hydrogen) atoms. The number of benzene rings is 1. The van der Waals surface area contributed by atoms with Crippen molar-refractivity contribution < 1.29 is 5.11 Å². The first-order valence-electron chi connectivity index (χ1n) is 4.96. The number of aliphatic hydroxyl groups excluding tert-OH is 1. The predicted octanol–water partition coefficient (Wildman–Crippen LogP) is 1.67. The second-order valence-electron chi connectivity index (χ2n) is 3.09. The molecule has 0 aliphatic carbocycles. The van der Waals surface area contributed by atoms with Crippen LogP contribution in [0.3, 0.4) is 0 Å². The monoisotopic (exact) mass is 191 g/mol. The van der Waals surface area contributed by atoms with Gasteiger partial charge in [0.05, 0.1) is 0 Å². The lowest BCUT2D eigenvalue weighted by atomic mass is 10.2. The van der Waals surface area contributed by atoms with Gasteiger partial charge < -0.3 is 10.4 Å². The fourth-order valence-corrected chi connectivity index (χ4v) is 1.15. The molecule has 0 unspecified atom stereocenters. The molecule has 2 nitrogen and oxygen atoms in total. The van der Waals surface area contributed by atoms with Crippen LogP contribution in [-0.2, 0) is 0 Å². The molecule has 0 aliphatic heterocycles. The molecule has 0 heterocycles. The molecule has 0 aliphatic rings. The maximum Gasteiger partial charge on any atom is 0.0443 e. The van der Waals surface area contributed by atoms with Crippen molar-refractivity contribution in [2.24, 2.45) is 0 Å². The van der Waals surface area contributed by atoms with Gasteiger partial charge in [0, 0.05) is 13.2 Å². The van der Waals surface area contributed by atoms with E-state index in [0.717, 1.165) is 19.5 Å². The maximum atomic E-state index is 8.54. The second-order valence-corrected chi connectivity index (χ2v) is 3.09. The van der Waals surface area contributed by atoms with E-state index >= 15 is 0 Å². The Balaban J connectivity index is 2.15. The van der Waals surface area contributed by atoms with Gasteiger partial charge in [-0.05, 0) is 18.5 Å². The highest BCUT2D eigenvalue weighted by molar-refractivity contribution is 5.48. The van der Waals surface area contributed by atoms with Crippen molar-refractivity contribution in [1.82, 2.24) is 5.32 Å². The Bertz CT molecular complexity index is 256. The Morgan fingerprint density at radius 3 is 2.71 bits per heavy atom. The predicted molar refractivity (Wildman–Crippen MR) is 60.0 cm³/mol. The van der Waals surface area contributed by atoms with Gasteiger partial charge in [0.1, 0.15) is 0 Å². The summed E-state index contributed by atoms with van der Waals surface area (Å²) in [6, 6.07) is 10.2. The molecule has 0 spiro atoms. The Morgan fingerprint density at radius 2 is 2.00 bits per heavy atom. The third-order valence-corrected chi connectivity index (χ3v) is 1.88. The topological polar surface area (TPSA) is 32.3 Å². The first-order chi connectivity index (χ1) is 6.93. The first-order valence-corrected chi connectivity index (χ1v) is 4.96. The highest BCUT2D eigenvalue weighted by atomic mass is 16.3. The van der Waals surface area contributed by atoms with E-state index in [1.807, 2.05) is 18.2 Å². The molecule has 0 amide bonds. The fraction of sp³-hybridized carbons (Fsp3) is 0.333. The van der Waals surface area contributed by atoms with Gasteiger partial charge in [-0.3, -0.25) is 0 Å². The largest absolute Gasteiger partial charge is 0.396 e. The maximum absolute atomic E-state index is 8.54. The van der Waals surface area contributed by atoms with Crippen LogP contribution >= 0.6 is 0 Å². The highest BCUT2D eigenvalue weighted by Crippen LogP contribution is 1.99. The third kappa shape index (κ3) is 4.80. The Hall–Kier alpha value is -1.12. The summed E-state index contributed by atoms with van der Waals surface area (Å²) < 4.78 is 0. The van der Waals surface area contributed by atoms with Gasteiger partial charge in [-0.15, -0.1) is 0 Å². The van der Waals surface area contributed by atoms with Crippen LogP contribution in [0.1, 0.15) is 12.0 Å². The smallest absolute Gasteiger partial charge is 0.0443 e. The van der Waals surface area contributed by atoms with Gasteiger partial charge in [-0.25, -0.2) is 0 Å². The average Bonchev–Trinajstić information content (AvgIpc) is 2.25. The van der Waals surface area contributed by atoms with Gasteiger partial charge in [0.25, 0.3) is 0 Å². The van der Waals surface area contributed by atoms with Crippen LogP contribution in [-0.4, -0.2) is 24.8 Å². The minimum atomic E-state index is 0.259. The van der Waals surface area contributed by atoms with Crippen LogP contribution in [0.2, 0.25) is 0 Å². The zero-order valence-electron chi connectivity index (χ0n) is 8.32. The highest BCUT2D eigenvalue weighted by Gasteiger charge is 1.84. The minimum absolute atomic E-state index is 0.259. The molecule has 2 N–H and O–H groups in total. The van der Waals surface area contributed by atoms with Crippen molar-refractivity contribution in [3.8, 4) is 0 Å². The average molecular weight is 191 g/mol. The molecule has 0 aromatic heterocycles. The van der Waals surface area contributed by atoms with E-state index in [1.165, 1.54) is 5.56 Å². The van der Waals surface area contributed by atoms with Crippen LogP contribution in [0.4, 0.5) is 0 Å². The minimum Gasteiger partial charge on any atom is -0.396 e. The van der Waals surface area contributed by atoms with Crippen LogP contribution in [0.5, 0.6) is 0 Å². The molecule has 1 aromatic rings. The summed E-state index contributed by atoms with van der Waals surface area (Å²) in [5.74, 6) is 0. The van der Waals surface area contributed by atoms with E-state index in [-0.39, 0.29) is 6.61 Å². The van der Waals surface area contributed by atoms with Crippen molar-refractivity contribution in [3.63, 3.8) is 0 Å². The number of rotatable bonds is 6. The summed E-state index contributed by atoms with van der Waals surface area (Å²) in [5.41, 5.74) is 1.22. The molecule has 2 heteroatoms. The zero-order valence-corrected chi connectivity index (χ0v) is 8.32. The second kappa shape index (κ2) is 7.30. The van der Waals surface area contributed by atoms with E-state index < -0.39 is 0 Å². The molecule has 0 fully saturated rings. The lowest BCUT2D eigenvalue weighted by Crippen LogP contribution is -2.15. The fourth-order valence-electron chi connectivity index (χ4n) is 1.15. The van der Waals surface area contributed by atoms with E-state index in [0.29, 0.717) is 0 Å². The molecular weight excluding hydrogens is 174 g/mol. The zero-order chi connectivity index (χ0) is 10.1. The Labute approximate surface area is 85.3 Å². The van der Waals surface area contributed by atoms with Crippen molar-refractivity contribution in [2.45, 2.75) is 6.42 Å². The number of hydrogen-bond donors (Lipinski definition) is 2. The molecule has 1 aromatic carbocycles. The summed E-state index contributed by atoms with van der Waals surface area (Å²) in [6.07, 6.45) is 5.00. The normalized spacial score (nSPS) is 10.9. The van der Waals surface area contributed by atoms with Crippen LogP contribution < -0.4 is 5.32 Å². The standard InChI is InChI=1S/C12H17NO/c14-11-5-10-13-9-4-8-12-6-2-1-3-7-12/h1-4,6-8,13-14H,5,9-11H2/b8-4-. The van der Waals surface area contributed by atoms with Crippen molar-refractivity contribution in [3.05, 3.63) is 42.0 Å². The molecule has 1 rings (SSSR count). The lowest BCUT2D eigenvalue weighted by Gasteiger charge is -1.97. The molecule has 0 atom stereocenters. The molecule has 0 saturated carbocycles. The summed E-state index contributed by atoms with van der Waals surface area (Å²) in [4.78, 5) is 0. The van der Waals surface area contributed by atoms with Crippen molar-refractivity contribution >= 4 is 6.08 Å². The Kier molecular flexibility index (Phi) is 5.71. The van der Waals surface area contributed by atoms with E-state index in [4.69, 9.17) is 5.11 Å². The van der Waals surface area contributed by atoms with Gasteiger partial charge >= 0.3 is 0 Å². The van der Waals surface area contributed by atoms with Gasteiger partial charge in [-0.1, -0.05) is 42.5 Å². The molecule has 76 valence electrons.